The van der Waals surface area contributed by atoms with Gasteiger partial charge in [0.25, 0.3) is 0 Å². The second-order valence-electron chi connectivity index (χ2n) is 6.32. The number of rotatable bonds is 8. The van der Waals surface area contributed by atoms with E-state index in [9.17, 15) is 0 Å². The summed E-state index contributed by atoms with van der Waals surface area (Å²) in [5, 5.41) is 0. The van der Waals surface area contributed by atoms with Crippen LogP contribution in [0.2, 0.25) is 0 Å². The van der Waals surface area contributed by atoms with Crippen molar-refractivity contribution in [2.24, 2.45) is 0 Å². The Morgan fingerprint density at radius 3 is 2.17 bits per heavy atom. The summed E-state index contributed by atoms with van der Waals surface area (Å²) in [5.41, 5.74) is 6.56. The topological polar surface area (TPSA) is 9.23 Å². The molecule has 0 N–H and O–H groups in total. The molecule has 1 nitrogen and oxygen atoms in total. The third-order valence-corrected chi connectivity index (χ3v) is 4.67. The molecule has 0 aliphatic carbocycles. The molecule has 2 aromatic rings. The maximum Gasteiger partial charge on any atom is 0.122 e. The number of ether oxygens (including phenoxy) is 1. The maximum atomic E-state index is 5.99. The highest BCUT2D eigenvalue weighted by molar-refractivity contribution is 5.70. The molecule has 2 rings (SSSR count). The molecule has 0 unspecified atom stereocenters. The first-order valence-electron chi connectivity index (χ1n) is 8.99. The lowest BCUT2D eigenvalue weighted by molar-refractivity contribution is 0.303. The normalized spacial score (nSPS) is 10.8. The van der Waals surface area contributed by atoms with Crippen LogP contribution in [-0.4, -0.2) is 6.61 Å². The molecule has 0 radical (unpaired) electrons. The van der Waals surface area contributed by atoms with Gasteiger partial charge in [-0.05, 0) is 60.6 Å². The van der Waals surface area contributed by atoms with Crippen molar-refractivity contribution in [3.63, 3.8) is 0 Å². The molecule has 0 saturated heterocycles. The molecule has 0 aromatic heterocycles. The Labute approximate surface area is 141 Å². The number of benzene rings is 2. The summed E-state index contributed by atoms with van der Waals surface area (Å²) in [4.78, 5) is 0. The second-order valence-corrected chi connectivity index (χ2v) is 6.32. The first-order valence-corrected chi connectivity index (χ1v) is 8.99. The molecule has 0 heterocycles. The van der Waals surface area contributed by atoms with Gasteiger partial charge in [-0.1, -0.05) is 63.4 Å². The molecule has 0 aliphatic rings. The molecule has 0 bridgehead atoms. The zero-order chi connectivity index (χ0) is 16.7. The summed E-state index contributed by atoms with van der Waals surface area (Å²) in [6.45, 7) is 9.62. The van der Waals surface area contributed by atoms with Crippen LogP contribution in [0.3, 0.4) is 0 Å². The smallest absolute Gasteiger partial charge is 0.122 e. The summed E-state index contributed by atoms with van der Waals surface area (Å²) < 4.78 is 5.99. The van der Waals surface area contributed by atoms with Gasteiger partial charge in [0.05, 0.1) is 6.61 Å². The van der Waals surface area contributed by atoms with Crippen molar-refractivity contribution < 1.29 is 4.74 Å². The van der Waals surface area contributed by atoms with E-state index < -0.39 is 0 Å². The van der Waals surface area contributed by atoms with Gasteiger partial charge in [-0.15, -0.1) is 0 Å². The van der Waals surface area contributed by atoms with E-state index in [2.05, 4.69) is 64.1 Å². The quantitative estimate of drug-likeness (QED) is 0.506. The first-order chi connectivity index (χ1) is 11.2. The van der Waals surface area contributed by atoms with Crippen LogP contribution in [0, 0.1) is 13.8 Å². The Morgan fingerprint density at radius 1 is 0.783 bits per heavy atom. The molecule has 2 aromatic carbocycles. The molecule has 124 valence electrons. The molecule has 0 saturated carbocycles. The van der Waals surface area contributed by atoms with E-state index in [4.69, 9.17) is 4.74 Å². The minimum Gasteiger partial charge on any atom is -0.493 e. The van der Waals surface area contributed by atoms with Crippen molar-refractivity contribution in [1.29, 1.82) is 0 Å². The van der Waals surface area contributed by atoms with Crippen LogP contribution >= 0.6 is 0 Å². The first kappa shape index (κ1) is 17.6. The Morgan fingerprint density at radius 2 is 1.52 bits per heavy atom. The van der Waals surface area contributed by atoms with Gasteiger partial charge in [0.1, 0.15) is 5.75 Å². The van der Waals surface area contributed by atoms with Crippen molar-refractivity contribution in [2.45, 2.75) is 59.8 Å². The number of unbranched alkanes of at least 4 members (excludes halogenated alkanes) is 3. The molecule has 1 heteroatoms. The van der Waals surface area contributed by atoms with Crippen LogP contribution in [0.1, 0.15) is 56.2 Å². The average Bonchev–Trinajstić information content (AvgIpc) is 2.58. The van der Waals surface area contributed by atoms with Crippen LogP contribution in [0.4, 0.5) is 0 Å². The Hall–Kier alpha value is -1.76. The monoisotopic (exact) mass is 310 g/mol. The largest absolute Gasteiger partial charge is 0.493 e. The van der Waals surface area contributed by atoms with Crippen molar-refractivity contribution in [1.82, 2.24) is 0 Å². The van der Waals surface area contributed by atoms with Gasteiger partial charge in [-0.2, -0.15) is 0 Å². The Kier molecular flexibility index (Phi) is 6.70. The van der Waals surface area contributed by atoms with E-state index in [0.29, 0.717) is 0 Å². The summed E-state index contributed by atoms with van der Waals surface area (Å²) in [6.07, 6.45) is 6.06. The highest BCUT2D eigenvalue weighted by Crippen LogP contribution is 2.31. The van der Waals surface area contributed by atoms with Gasteiger partial charge < -0.3 is 4.74 Å². The van der Waals surface area contributed by atoms with Gasteiger partial charge >= 0.3 is 0 Å². The predicted molar refractivity (Wildman–Crippen MR) is 100 cm³/mol. The zero-order valence-electron chi connectivity index (χ0n) is 15.1. The Bertz CT molecular complexity index is 611. The average molecular weight is 310 g/mol. The molecule has 0 aliphatic heterocycles. The van der Waals surface area contributed by atoms with Crippen molar-refractivity contribution >= 4 is 0 Å². The molecule has 0 spiro atoms. The highest BCUT2D eigenvalue weighted by atomic mass is 16.5. The SMILES string of the molecule is CCCCCCOc1ccc(-c2ccc(CC)cc2)c(C)c1C. The molecule has 0 fully saturated rings. The summed E-state index contributed by atoms with van der Waals surface area (Å²) in [5.74, 6) is 1.04. The Balaban J connectivity index is 2.10. The van der Waals surface area contributed by atoms with Gasteiger partial charge in [0.2, 0.25) is 0 Å². The van der Waals surface area contributed by atoms with Crippen LogP contribution in [-0.2, 0) is 6.42 Å². The van der Waals surface area contributed by atoms with Crippen LogP contribution in [0.5, 0.6) is 5.75 Å². The van der Waals surface area contributed by atoms with E-state index in [1.54, 1.807) is 0 Å². The fraction of sp³-hybridized carbons (Fsp3) is 0.455. The van der Waals surface area contributed by atoms with Crippen LogP contribution in [0.15, 0.2) is 36.4 Å². The van der Waals surface area contributed by atoms with Crippen molar-refractivity contribution in [2.75, 3.05) is 6.61 Å². The van der Waals surface area contributed by atoms with Crippen molar-refractivity contribution in [3.05, 3.63) is 53.1 Å². The summed E-state index contributed by atoms with van der Waals surface area (Å²) in [6, 6.07) is 13.2. The minimum absolute atomic E-state index is 0.824. The standard InChI is InChI=1S/C22H30O/c1-5-7-8-9-16-23-22-15-14-21(17(3)18(22)4)20-12-10-19(6-2)11-13-20/h10-15H,5-9,16H2,1-4H3. The minimum atomic E-state index is 0.824. The number of hydrogen-bond donors (Lipinski definition) is 0. The molecular formula is C22H30O. The van der Waals surface area contributed by atoms with Gasteiger partial charge in [-0.25, -0.2) is 0 Å². The number of hydrogen-bond acceptors (Lipinski definition) is 1. The van der Waals surface area contributed by atoms with Gasteiger partial charge in [0, 0.05) is 0 Å². The lowest BCUT2D eigenvalue weighted by atomic mass is 9.95. The fourth-order valence-corrected chi connectivity index (χ4v) is 2.90. The molecule has 0 atom stereocenters. The molecule has 0 amide bonds. The van der Waals surface area contributed by atoms with Gasteiger partial charge in [0.15, 0.2) is 0 Å². The van der Waals surface area contributed by atoms with Crippen LogP contribution in [0.25, 0.3) is 11.1 Å². The third kappa shape index (κ3) is 4.60. The maximum absolute atomic E-state index is 5.99. The lowest BCUT2D eigenvalue weighted by Gasteiger charge is -2.15. The lowest BCUT2D eigenvalue weighted by Crippen LogP contribution is -2.00. The van der Waals surface area contributed by atoms with E-state index >= 15 is 0 Å². The van der Waals surface area contributed by atoms with E-state index in [-0.39, 0.29) is 0 Å². The number of aryl methyl sites for hydroxylation is 1. The zero-order valence-corrected chi connectivity index (χ0v) is 15.1. The summed E-state index contributed by atoms with van der Waals surface area (Å²) in [7, 11) is 0. The molecule has 23 heavy (non-hydrogen) atoms. The summed E-state index contributed by atoms with van der Waals surface area (Å²) >= 11 is 0. The third-order valence-electron chi connectivity index (χ3n) is 4.67. The van der Waals surface area contributed by atoms with E-state index in [0.717, 1.165) is 25.2 Å². The van der Waals surface area contributed by atoms with E-state index in [1.807, 2.05) is 0 Å². The fourth-order valence-electron chi connectivity index (χ4n) is 2.90. The van der Waals surface area contributed by atoms with Gasteiger partial charge in [-0.3, -0.25) is 0 Å². The predicted octanol–water partition coefficient (Wildman–Crippen LogP) is 6.49. The second kappa shape index (κ2) is 8.76. The molecular weight excluding hydrogens is 280 g/mol. The highest BCUT2D eigenvalue weighted by Gasteiger charge is 2.09. The van der Waals surface area contributed by atoms with E-state index in [1.165, 1.54) is 47.1 Å². The van der Waals surface area contributed by atoms with Crippen LogP contribution < -0.4 is 4.74 Å². The van der Waals surface area contributed by atoms with Crippen molar-refractivity contribution in [3.8, 4) is 16.9 Å².